The molecule has 1 amide bonds. The number of hydrogen-bond donors (Lipinski definition) is 6. The molecule has 72 heavy (non-hydrogen) atoms. The molecule has 1 rings (SSSR count). The zero-order valence-corrected chi connectivity index (χ0v) is 45.1. The third-order valence-electron chi connectivity index (χ3n) is 12.4. The molecule has 1 fully saturated rings. The lowest BCUT2D eigenvalue weighted by molar-refractivity contribution is -0.302. The van der Waals surface area contributed by atoms with Gasteiger partial charge in [0.15, 0.2) is 6.29 Å². The van der Waals surface area contributed by atoms with E-state index in [9.17, 15) is 30.3 Å². The maximum atomic E-state index is 13.0. The van der Waals surface area contributed by atoms with Crippen molar-refractivity contribution in [2.75, 3.05) is 13.2 Å². The third kappa shape index (κ3) is 39.8. The first kappa shape index (κ1) is 66.3. The van der Waals surface area contributed by atoms with Crippen molar-refractivity contribution in [1.29, 1.82) is 0 Å². The number of carbonyl (C=O) groups excluding carboxylic acids is 1. The van der Waals surface area contributed by atoms with Gasteiger partial charge in [-0.1, -0.05) is 218 Å². The van der Waals surface area contributed by atoms with Crippen molar-refractivity contribution in [3.63, 3.8) is 0 Å². The molecule has 1 aliphatic rings. The summed E-state index contributed by atoms with van der Waals surface area (Å²) in [4.78, 5) is 13.0. The first-order chi connectivity index (χ1) is 35.3. The van der Waals surface area contributed by atoms with Gasteiger partial charge in [-0.15, -0.1) is 0 Å². The molecule has 0 aromatic rings. The van der Waals surface area contributed by atoms with E-state index in [1.165, 1.54) is 64.2 Å². The van der Waals surface area contributed by atoms with Crippen molar-refractivity contribution in [1.82, 2.24) is 5.32 Å². The van der Waals surface area contributed by atoms with E-state index in [0.717, 1.165) is 103 Å². The van der Waals surface area contributed by atoms with E-state index in [1.807, 2.05) is 6.08 Å². The lowest BCUT2D eigenvalue weighted by atomic mass is 9.99. The number of hydrogen-bond acceptors (Lipinski definition) is 8. The molecule has 0 saturated carbocycles. The molecule has 9 nitrogen and oxygen atoms in total. The van der Waals surface area contributed by atoms with E-state index in [0.29, 0.717) is 19.3 Å². The predicted molar refractivity (Wildman–Crippen MR) is 303 cm³/mol. The van der Waals surface area contributed by atoms with E-state index < -0.39 is 49.5 Å². The average Bonchev–Trinajstić information content (AvgIpc) is 3.38. The standard InChI is InChI=1S/C63H103NO8/c1-3-5-7-9-11-13-15-17-19-21-23-25-26-27-28-29-30-31-32-33-35-37-39-41-43-45-47-49-51-53-59(67)64-56(55-71-63-62(70)61(69)60(68)58(54-65)72-63)57(66)52-50-48-46-44-42-40-38-36-34-24-22-20-18-16-14-12-10-8-6-4-2/h5,7,11,13,17,19,23,25,27-28,30-31,33-36,39,41-42,44,50,52,56-58,60-63,65-66,68-70H,3-4,6,8-10,12,14-16,18,20-22,24,26,29,32,37-38,40,43,45-49,51,53-55H2,1-2H3,(H,64,67)/b7-5-,13-11-,19-17-,25-23-,28-27-,31-30-,35-33-,36-34+,41-39-,44-42+,52-50+. The van der Waals surface area contributed by atoms with E-state index in [2.05, 4.69) is 141 Å². The quantitative estimate of drug-likeness (QED) is 0.0261. The van der Waals surface area contributed by atoms with Gasteiger partial charge < -0.3 is 40.3 Å². The Kier molecular flexibility index (Phi) is 46.9. The Morgan fingerprint density at radius 1 is 0.486 bits per heavy atom. The smallest absolute Gasteiger partial charge is 0.220 e. The van der Waals surface area contributed by atoms with Gasteiger partial charge in [0.1, 0.15) is 24.4 Å². The fourth-order valence-corrected chi connectivity index (χ4v) is 7.97. The summed E-state index contributed by atoms with van der Waals surface area (Å²) < 4.78 is 11.2. The van der Waals surface area contributed by atoms with Crippen molar-refractivity contribution in [2.45, 2.75) is 243 Å². The summed E-state index contributed by atoms with van der Waals surface area (Å²) in [5.74, 6) is -0.221. The minimum absolute atomic E-state index is 0.221. The number of amides is 1. The monoisotopic (exact) mass is 1000 g/mol. The van der Waals surface area contributed by atoms with Gasteiger partial charge in [-0.3, -0.25) is 4.79 Å². The number of allylic oxidation sites excluding steroid dienone is 21. The van der Waals surface area contributed by atoms with E-state index in [1.54, 1.807) is 6.08 Å². The highest BCUT2D eigenvalue weighted by Gasteiger charge is 2.44. The molecule has 0 bridgehead atoms. The fraction of sp³-hybridized carbons (Fsp3) is 0.635. The topological polar surface area (TPSA) is 149 Å². The van der Waals surface area contributed by atoms with Gasteiger partial charge >= 0.3 is 0 Å². The Balaban J connectivity index is 2.32. The van der Waals surface area contributed by atoms with Crippen LogP contribution in [0, 0.1) is 0 Å². The Bertz CT molecular complexity index is 1580. The van der Waals surface area contributed by atoms with Crippen LogP contribution < -0.4 is 5.32 Å². The minimum Gasteiger partial charge on any atom is -0.394 e. The number of nitrogens with one attached hydrogen (secondary N) is 1. The van der Waals surface area contributed by atoms with Gasteiger partial charge in [-0.25, -0.2) is 0 Å². The number of aliphatic hydroxyl groups excluding tert-OH is 5. The zero-order chi connectivity index (χ0) is 52.2. The number of unbranched alkanes of at least 4 members (excludes halogenated alkanes) is 16. The van der Waals surface area contributed by atoms with Crippen LogP contribution in [0.25, 0.3) is 0 Å². The molecule has 9 heteroatoms. The van der Waals surface area contributed by atoms with Crippen LogP contribution in [0.5, 0.6) is 0 Å². The van der Waals surface area contributed by atoms with Crippen LogP contribution in [0.15, 0.2) is 134 Å². The molecule has 1 heterocycles. The summed E-state index contributed by atoms with van der Waals surface area (Å²) >= 11 is 0. The molecule has 0 spiro atoms. The summed E-state index contributed by atoms with van der Waals surface area (Å²) in [5, 5.41) is 54.4. The lowest BCUT2D eigenvalue weighted by Crippen LogP contribution is -2.60. The van der Waals surface area contributed by atoms with Gasteiger partial charge in [0.05, 0.1) is 25.4 Å². The highest BCUT2D eigenvalue weighted by molar-refractivity contribution is 5.76. The molecular formula is C63H103NO8. The summed E-state index contributed by atoms with van der Waals surface area (Å²) in [6, 6.07) is -0.853. The second kappa shape index (κ2) is 50.8. The van der Waals surface area contributed by atoms with Crippen LogP contribution in [0.2, 0.25) is 0 Å². The highest BCUT2D eigenvalue weighted by Crippen LogP contribution is 2.22. The maximum absolute atomic E-state index is 13.0. The van der Waals surface area contributed by atoms with E-state index >= 15 is 0 Å². The number of rotatable bonds is 46. The molecule has 7 atom stereocenters. The molecule has 7 unspecified atom stereocenters. The Labute approximate surface area is 439 Å². The molecule has 1 saturated heterocycles. The van der Waals surface area contributed by atoms with Crippen molar-refractivity contribution in [3.8, 4) is 0 Å². The number of ether oxygens (including phenoxy) is 2. The van der Waals surface area contributed by atoms with Gasteiger partial charge in [0, 0.05) is 6.42 Å². The van der Waals surface area contributed by atoms with E-state index in [-0.39, 0.29) is 12.5 Å². The second-order valence-electron chi connectivity index (χ2n) is 19.0. The number of aliphatic hydroxyl groups is 5. The molecule has 408 valence electrons. The molecule has 1 aliphatic heterocycles. The van der Waals surface area contributed by atoms with Crippen LogP contribution in [-0.2, 0) is 14.3 Å². The van der Waals surface area contributed by atoms with Gasteiger partial charge in [-0.05, 0) is 109 Å². The van der Waals surface area contributed by atoms with Crippen LogP contribution in [0.1, 0.15) is 200 Å². The van der Waals surface area contributed by atoms with Gasteiger partial charge in [0.2, 0.25) is 5.91 Å². The first-order valence-electron chi connectivity index (χ1n) is 28.4. The predicted octanol–water partition coefficient (Wildman–Crippen LogP) is 14.1. The van der Waals surface area contributed by atoms with Crippen LogP contribution in [0.4, 0.5) is 0 Å². The Morgan fingerprint density at radius 2 is 0.875 bits per heavy atom. The molecule has 0 radical (unpaired) electrons. The largest absolute Gasteiger partial charge is 0.394 e. The Morgan fingerprint density at radius 3 is 1.33 bits per heavy atom. The van der Waals surface area contributed by atoms with Crippen molar-refractivity contribution >= 4 is 5.91 Å². The van der Waals surface area contributed by atoms with Crippen molar-refractivity contribution in [2.24, 2.45) is 0 Å². The van der Waals surface area contributed by atoms with E-state index in [4.69, 9.17) is 9.47 Å². The summed E-state index contributed by atoms with van der Waals surface area (Å²) in [6.45, 7) is 3.61. The van der Waals surface area contributed by atoms with Crippen LogP contribution in [0.3, 0.4) is 0 Å². The summed E-state index contributed by atoms with van der Waals surface area (Å²) in [6.07, 6.45) is 70.7. The van der Waals surface area contributed by atoms with Crippen LogP contribution >= 0.6 is 0 Å². The fourth-order valence-electron chi connectivity index (χ4n) is 7.97. The zero-order valence-electron chi connectivity index (χ0n) is 45.1. The summed E-state index contributed by atoms with van der Waals surface area (Å²) in [5.41, 5.74) is 0. The highest BCUT2D eigenvalue weighted by atomic mass is 16.7. The summed E-state index contributed by atoms with van der Waals surface area (Å²) in [7, 11) is 0. The SMILES string of the molecule is CC/C=C\C/C=C\C/C=C\C/C=C\C/C=C\C/C=C\C/C=C\C/C=C\CCCCCCC(=O)NC(COC1OC(CO)C(O)C(O)C1O)C(O)/C=C/CC/C=C/CC/C=C/CCCCCCCCCCCC. The molecule has 6 N–H and O–H groups in total. The molecule has 0 aromatic heterocycles. The van der Waals surface area contributed by atoms with Gasteiger partial charge in [-0.2, -0.15) is 0 Å². The average molecular weight is 1000 g/mol. The van der Waals surface area contributed by atoms with Crippen molar-refractivity contribution < 1.29 is 39.8 Å². The lowest BCUT2D eigenvalue weighted by Gasteiger charge is -2.40. The normalized spacial score (nSPS) is 20.2. The maximum Gasteiger partial charge on any atom is 0.220 e. The second-order valence-corrected chi connectivity index (χ2v) is 19.0. The minimum atomic E-state index is -1.59. The van der Waals surface area contributed by atoms with Crippen molar-refractivity contribution in [3.05, 3.63) is 134 Å². The number of carbonyl (C=O) groups is 1. The molecule has 0 aromatic carbocycles. The Hall–Kier alpha value is -3.67. The molecule has 0 aliphatic carbocycles. The third-order valence-corrected chi connectivity index (χ3v) is 12.4. The van der Waals surface area contributed by atoms with Crippen LogP contribution in [-0.4, -0.2) is 87.5 Å². The van der Waals surface area contributed by atoms with Gasteiger partial charge in [0.25, 0.3) is 0 Å². The molecular weight excluding hydrogens is 899 g/mol. The first-order valence-corrected chi connectivity index (χ1v) is 28.4.